The molecule has 2 unspecified atom stereocenters. The second kappa shape index (κ2) is 5.31. The quantitative estimate of drug-likeness (QED) is 0.788. The maximum absolute atomic E-state index is 8.63. The molecule has 0 spiro atoms. The van der Waals surface area contributed by atoms with Gasteiger partial charge in [0, 0.05) is 5.25 Å². The Kier molecular flexibility index (Phi) is 3.79. The second-order valence-electron chi connectivity index (χ2n) is 4.36. The van der Waals surface area contributed by atoms with Gasteiger partial charge in [0.2, 0.25) is 0 Å². The Morgan fingerprint density at radius 3 is 2.88 bits per heavy atom. The van der Waals surface area contributed by atoms with Crippen molar-refractivity contribution >= 4 is 11.8 Å². The fraction of sp³-hybridized carbons (Fsp3) is 0.583. The van der Waals surface area contributed by atoms with E-state index < -0.39 is 0 Å². The summed E-state index contributed by atoms with van der Waals surface area (Å²) in [5, 5.41) is 10.2. The average Bonchev–Trinajstić information content (AvgIpc) is 2.30. The van der Waals surface area contributed by atoms with Gasteiger partial charge in [0.1, 0.15) is 11.1 Å². The highest BCUT2D eigenvalue weighted by Crippen LogP contribution is 2.34. The van der Waals surface area contributed by atoms with Crippen LogP contribution in [0.1, 0.15) is 38.3 Å². The summed E-state index contributed by atoms with van der Waals surface area (Å²) < 4.78 is 0. The SMILES string of the molecule is CC1CCCC(Sc2cnc(C#N)cn2)C1. The minimum absolute atomic E-state index is 0.390. The first-order valence-corrected chi connectivity index (χ1v) is 6.54. The van der Waals surface area contributed by atoms with Gasteiger partial charge in [-0.3, -0.25) is 0 Å². The van der Waals surface area contributed by atoms with Crippen molar-refractivity contribution in [3.8, 4) is 6.07 Å². The first-order chi connectivity index (χ1) is 7.78. The largest absolute Gasteiger partial charge is 0.245 e. The van der Waals surface area contributed by atoms with E-state index in [-0.39, 0.29) is 0 Å². The summed E-state index contributed by atoms with van der Waals surface area (Å²) in [4.78, 5) is 8.28. The molecule has 0 N–H and O–H groups in total. The van der Waals surface area contributed by atoms with E-state index in [1.807, 2.05) is 6.07 Å². The van der Waals surface area contributed by atoms with E-state index in [0.717, 1.165) is 10.9 Å². The first kappa shape index (κ1) is 11.4. The number of nitriles is 1. The predicted octanol–water partition coefficient (Wildman–Crippen LogP) is 3.02. The molecular weight excluding hydrogens is 218 g/mol. The highest BCUT2D eigenvalue weighted by molar-refractivity contribution is 7.99. The predicted molar refractivity (Wildman–Crippen MR) is 64.0 cm³/mol. The van der Waals surface area contributed by atoms with Crippen molar-refractivity contribution in [2.24, 2.45) is 5.92 Å². The molecule has 1 aromatic rings. The molecule has 0 radical (unpaired) electrons. The highest BCUT2D eigenvalue weighted by atomic mass is 32.2. The molecule has 1 aliphatic rings. The van der Waals surface area contributed by atoms with Crippen molar-refractivity contribution in [1.82, 2.24) is 9.97 Å². The van der Waals surface area contributed by atoms with Crippen molar-refractivity contribution in [2.45, 2.75) is 42.9 Å². The van der Waals surface area contributed by atoms with Crippen LogP contribution in [-0.4, -0.2) is 15.2 Å². The van der Waals surface area contributed by atoms with Crippen LogP contribution < -0.4 is 0 Å². The van der Waals surface area contributed by atoms with Crippen molar-refractivity contribution in [1.29, 1.82) is 5.26 Å². The third-order valence-electron chi connectivity index (χ3n) is 2.92. The maximum Gasteiger partial charge on any atom is 0.158 e. The van der Waals surface area contributed by atoms with Crippen LogP contribution in [0.15, 0.2) is 17.4 Å². The fourth-order valence-electron chi connectivity index (χ4n) is 2.09. The van der Waals surface area contributed by atoms with E-state index in [9.17, 15) is 0 Å². The van der Waals surface area contributed by atoms with Gasteiger partial charge >= 0.3 is 0 Å². The number of thioether (sulfide) groups is 1. The van der Waals surface area contributed by atoms with Crippen LogP contribution in [0.5, 0.6) is 0 Å². The van der Waals surface area contributed by atoms with E-state index >= 15 is 0 Å². The van der Waals surface area contributed by atoms with Crippen molar-refractivity contribution < 1.29 is 0 Å². The third kappa shape index (κ3) is 2.96. The molecule has 2 atom stereocenters. The van der Waals surface area contributed by atoms with Crippen molar-refractivity contribution in [3.63, 3.8) is 0 Å². The van der Waals surface area contributed by atoms with Gasteiger partial charge in [-0.15, -0.1) is 11.8 Å². The lowest BCUT2D eigenvalue weighted by Crippen LogP contribution is -2.15. The van der Waals surface area contributed by atoms with Gasteiger partial charge in [-0.1, -0.05) is 19.8 Å². The number of aromatic nitrogens is 2. The zero-order chi connectivity index (χ0) is 11.4. The molecule has 0 bridgehead atoms. The topological polar surface area (TPSA) is 49.6 Å². The number of hydrogen-bond acceptors (Lipinski definition) is 4. The third-order valence-corrected chi connectivity index (χ3v) is 4.13. The maximum atomic E-state index is 8.63. The Morgan fingerprint density at radius 2 is 2.25 bits per heavy atom. The summed E-state index contributed by atoms with van der Waals surface area (Å²) in [6.45, 7) is 2.32. The van der Waals surface area contributed by atoms with Crippen molar-refractivity contribution in [3.05, 3.63) is 18.1 Å². The van der Waals surface area contributed by atoms with E-state index in [1.54, 1.807) is 24.2 Å². The molecule has 2 rings (SSSR count). The van der Waals surface area contributed by atoms with Crippen LogP contribution in [0.2, 0.25) is 0 Å². The summed E-state index contributed by atoms with van der Waals surface area (Å²) >= 11 is 1.80. The zero-order valence-corrected chi connectivity index (χ0v) is 10.2. The molecule has 1 saturated carbocycles. The van der Waals surface area contributed by atoms with E-state index in [1.165, 1.54) is 25.7 Å². The summed E-state index contributed by atoms with van der Waals surface area (Å²) in [7, 11) is 0. The smallest absolute Gasteiger partial charge is 0.158 e. The Hall–Kier alpha value is -1.08. The minimum Gasteiger partial charge on any atom is -0.245 e. The second-order valence-corrected chi connectivity index (χ2v) is 5.68. The van der Waals surface area contributed by atoms with Crippen LogP contribution in [-0.2, 0) is 0 Å². The highest BCUT2D eigenvalue weighted by Gasteiger charge is 2.20. The summed E-state index contributed by atoms with van der Waals surface area (Å²) in [5.41, 5.74) is 0.390. The molecule has 0 aliphatic heterocycles. The lowest BCUT2D eigenvalue weighted by atomic mass is 9.91. The van der Waals surface area contributed by atoms with E-state index in [4.69, 9.17) is 5.26 Å². The van der Waals surface area contributed by atoms with E-state index in [0.29, 0.717) is 10.9 Å². The number of nitrogens with zero attached hydrogens (tertiary/aromatic N) is 3. The van der Waals surface area contributed by atoms with Gasteiger partial charge in [0.25, 0.3) is 0 Å². The molecular formula is C12H15N3S. The van der Waals surface area contributed by atoms with Crippen LogP contribution in [0.3, 0.4) is 0 Å². The lowest BCUT2D eigenvalue weighted by Gasteiger charge is -2.25. The van der Waals surface area contributed by atoms with Crippen LogP contribution >= 0.6 is 11.8 Å². The molecule has 0 saturated heterocycles. The normalized spacial score (nSPS) is 25.0. The summed E-state index contributed by atoms with van der Waals surface area (Å²) in [5.74, 6) is 0.831. The molecule has 1 fully saturated rings. The molecule has 0 amide bonds. The summed E-state index contributed by atoms with van der Waals surface area (Å²) in [6.07, 6.45) is 8.48. The van der Waals surface area contributed by atoms with Gasteiger partial charge < -0.3 is 0 Å². The Bertz CT molecular complexity index is 382. The summed E-state index contributed by atoms with van der Waals surface area (Å²) in [6, 6.07) is 1.98. The first-order valence-electron chi connectivity index (χ1n) is 5.66. The Morgan fingerprint density at radius 1 is 1.38 bits per heavy atom. The van der Waals surface area contributed by atoms with Crippen molar-refractivity contribution in [2.75, 3.05) is 0 Å². The number of hydrogen-bond donors (Lipinski definition) is 0. The van der Waals surface area contributed by atoms with Gasteiger partial charge in [-0.05, 0) is 18.8 Å². The molecule has 1 aromatic heterocycles. The standard InChI is InChI=1S/C12H15N3S/c1-9-3-2-4-11(5-9)16-12-8-14-10(6-13)7-15-12/h7-9,11H,2-5H2,1H3. The molecule has 0 aromatic carbocycles. The van der Waals surface area contributed by atoms with Gasteiger partial charge in [-0.25, -0.2) is 9.97 Å². The van der Waals surface area contributed by atoms with Crippen LogP contribution in [0.25, 0.3) is 0 Å². The Labute approximate surface area is 100 Å². The molecule has 3 nitrogen and oxygen atoms in total. The fourth-order valence-corrected chi connectivity index (χ4v) is 3.37. The molecule has 84 valence electrons. The average molecular weight is 233 g/mol. The molecule has 1 aliphatic carbocycles. The molecule has 4 heteroatoms. The van der Waals surface area contributed by atoms with E-state index in [2.05, 4.69) is 16.9 Å². The molecule has 1 heterocycles. The minimum atomic E-state index is 0.390. The molecule has 16 heavy (non-hydrogen) atoms. The van der Waals surface area contributed by atoms with Gasteiger partial charge in [0.15, 0.2) is 5.69 Å². The monoisotopic (exact) mass is 233 g/mol. The van der Waals surface area contributed by atoms with Crippen LogP contribution in [0, 0.1) is 17.2 Å². The zero-order valence-electron chi connectivity index (χ0n) is 9.39. The van der Waals surface area contributed by atoms with Gasteiger partial charge in [-0.2, -0.15) is 5.26 Å². The number of rotatable bonds is 2. The van der Waals surface area contributed by atoms with Gasteiger partial charge in [0.05, 0.1) is 12.4 Å². The Balaban J connectivity index is 1.95. The lowest BCUT2D eigenvalue weighted by molar-refractivity contribution is 0.394. The van der Waals surface area contributed by atoms with Crippen LogP contribution in [0.4, 0.5) is 0 Å².